The molecule has 1 aliphatic carbocycles. The first-order valence-corrected chi connectivity index (χ1v) is 13.2. The maximum absolute atomic E-state index is 11.0. The highest BCUT2D eigenvalue weighted by atomic mass is 16.3. The van der Waals surface area contributed by atoms with E-state index in [4.69, 9.17) is 15.7 Å². The van der Waals surface area contributed by atoms with Crippen LogP contribution in [-0.2, 0) is 0 Å². The second-order valence-electron chi connectivity index (χ2n) is 9.94. The standard InChI is InChI=1S/C36H28B2O3/c1-5-20-12-11-15-26(23(20)6-2)21-16-18-22(19-17-21)29-24(7-3)25(8-4)30(28-14-10-9-13-27(28)29)31-32(37)33(38)35(40)36(41)34(31)39/h5-20,23,39-41H,1-4H2. The SMILES string of the molecule is [B]c1c([B])c(-c2c(C=C)c(C=C)c(-c3ccc(C4=CC=CC(C=C)C4C=C)cc3)c3ccccc23)c(O)c(O)c1O. The van der Waals surface area contributed by atoms with E-state index in [2.05, 4.69) is 68.8 Å². The van der Waals surface area contributed by atoms with E-state index in [0.29, 0.717) is 11.1 Å². The van der Waals surface area contributed by atoms with Crippen LogP contribution >= 0.6 is 0 Å². The lowest BCUT2D eigenvalue weighted by Gasteiger charge is -2.25. The summed E-state index contributed by atoms with van der Waals surface area (Å²) in [4.78, 5) is 0. The Kier molecular flexibility index (Phi) is 7.38. The van der Waals surface area contributed by atoms with Gasteiger partial charge in [-0.05, 0) is 44.2 Å². The molecule has 5 rings (SSSR count). The fraction of sp³-hybridized carbons (Fsp3) is 0.0556. The normalized spacial score (nSPS) is 16.2. The molecule has 0 spiro atoms. The summed E-state index contributed by atoms with van der Waals surface area (Å²) in [6, 6.07) is 16.1. The molecule has 2 atom stereocenters. The van der Waals surface area contributed by atoms with Crippen molar-refractivity contribution in [3.8, 4) is 39.5 Å². The van der Waals surface area contributed by atoms with Crippen molar-refractivity contribution in [2.45, 2.75) is 0 Å². The molecule has 4 radical (unpaired) electrons. The van der Waals surface area contributed by atoms with Gasteiger partial charge in [-0.2, -0.15) is 0 Å². The van der Waals surface area contributed by atoms with Gasteiger partial charge in [0.25, 0.3) is 0 Å². The smallest absolute Gasteiger partial charge is 0.200 e. The fourth-order valence-electron chi connectivity index (χ4n) is 5.84. The minimum Gasteiger partial charge on any atom is -0.505 e. The lowest BCUT2D eigenvalue weighted by molar-refractivity contribution is 0.371. The van der Waals surface area contributed by atoms with Gasteiger partial charge >= 0.3 is 0 Å². The van der Waals surface area contributed by atoms with Crippen LogP contribution in [0.25, 0.3) is 50.8 Å². The Morgan fingerprint density at radius 3 is 1.80 bits per heavy atom. The van der Waals surface area contributed by atoms with Gasteiger partial charge in [-0.1, -0.05) is 115 Å². The van der Waals surface area contributed by atoms with Crippen LogP contribution in [0.2, 0.25) is 0 Å². The Morgan fingerprint density at radius 2 is 1.22 bits per heavy atom. The number of phenols is 3. The third-order valence-electron chi connectivity index (χ3n) is 7.87. The van der Waals surface area contributed by atoms with Crippen molar-refractivity contribution < 1.29 is 15.3 Å². The molecule has 0 aliphatic heterocycles. The minimum absolute atomic E-state index is 0.0532. The molecule has 3 nitrogen and oxygen atoms in total. The molecule has 196 valence electrons. The van der Waals surface area contributed by atoms with Crippen molar-refractivity contribution in [3.63, 3.8) is 0 Å². The van der Waals surface area contributed by atoms with E-state index in [-0.39, 0.29) is 28.3 Å². The molecule has 2 unspecified atom stereocenters. The first-order valence-electron chi connectivity index (χ1n) is 13.2. The van der Waals surface area contributed by atoms with Gasteiger partial charge in [0.05, 0.1) is 0 Å². The molecule has 0 aromatic heterocycles. The number of rotatable bonds is 7. The van der Waals surface area contributed by atoms with Crippen molar-refractivity contribution in [1.29, 1.82) is 0 Å². The predicted molar refractivity (Wildman–Crippen MR) is 175 cm³/mol. The summed E-state index contributed by atoms with van der Waals surface area (Å²) < 4.78 is 0. The molecule has 0 saturated carbocycles. The Hall–Kier alpha value is -4.89. The van der Waals surface area contributed by atoms with Crippen LogP contribution in [0, 0.1) is 11.8 Å². The Morgan fingerprint density at radius 1 is 0.634 bits per heavy atom. The Balaban J connectivity index is 1.78. The zero-order valence-corrected chi connectivity index (χ0v) is 22.6. The molecule has 0 amide bonds. The highest BCUT2D eigenvalue weighted by molar-refractivity contribution is 6.53. The number of benzene rings is 4. The molecule has 41 heavy (non-hydrogen) atoms. The molecule has 5 heteroatoms. The predicted octanol–water partition coefficient (Wildman–Crippen LogP) is 6.72. The van der Waals surface area contributed by atoms with Crippen LogP contribution in [0.4, 0.5) is 0 Å². The maximum atomic E-state index is 11.0. The van der Waals surface area contributed by atoms with Gasteiger partial charge < -0.3 is 15.3 Å². The van der Waals surface area contributed by atoms with Crippen LogP contribution in [0.1, 0.15) is 16.7 Å². The van der Waals surface area contributed by atoms with Crippen LogP contribution in [0.15, 0.2) is 105 Å². The van der Waals surface area contributed by atoms with Gasteiger partial charge in [-0.25, -0.2) is 0 Å². The van der Waals surface area contributed by atoms with Crippen LogP contribution < -0.4 is 10.9 Å². The lowest BCUT2D eigenvalue weighted by Crippen LogP contribution is -2.28. The number of fused-ring (bicyclic) bond motifs is 1. The quantitative estimate of drug-likeness (QED) is 0.141. The first kappa shape index (κ1) is 27.7. The average Bonchev–Trinajstić information content (AvgIpc) is 3.01. The van der Waals surface area contributed by atoms with E-state index in [9.17, 15) is 15.3 Å². The van der Waals surface area contributed by atoms with Crippen LogP contribution in [-0.4, -0.2) is 31.0 Å². The maximum Gasteiger partial charge on any atom is 0.200 e. The van der Waals surface area contributed by atoms with E-state index in [1.165, 1.54) is 5.57 Å². The van der Waals surface area contributed by atoms with Gasteiger partial charge in [0, 0.05) is 23.0 Å². The lowest BCUT2D eigenvalue weighted by atomic mass is 9.72. The molecule has 0 bridgehead atoms. The van der Waals surface area contributed by atoms with E-state index in [1.54, 1.807) is 12.2 Å². The fourth-order valence-corrected chi connectivity index (χ4v) is 5.84. The minimum atomic E-state index is -0.742. The van der Waals surface area contributed by atoms with Gasteiger partial charge in [0.1, 0.15) is 15.7 Å². The average molecular weight is 530 g/mol. The number of aromatic hydroxyl groups is 3. The van der Waals surface area contributed by atoms with Crippen LogP contribution in [0.3, 0.4) is 0 Å². The summed E-state index contributed by atoms with van der Waals surface area (Å²) in [6.45, 7) is 16.2. The van der Waals surface area contributed by atoms with E-state index in [1.807, 2.05) is 36.4 Å². The molecule has 1 aliphatic rings. The van der Waals surface area contributed by atoms with Crippen molar-refractivity contribution in [1.82, 2.24) is 0 Å². The highest BCUT2D eigenvalue weighted by Gasteiger charge is 2.26. The first-order chi connectivity index (χ1) is 19.8. The second-order valence-corrected chi connectivity index (χ2v) is 9.94. The van der Waals surface area contributed by atoms with Crippen LogP contribution in [0.5, 0.6) is 17.2 Å². The summed E-state index contributed by atoms with van der Waals surface area (Å²) in [5, 5.41) is 33.2. The zero-order chi connectivity index (χ0) is 29.4. The van der Waals surface area contributed by atoms with Gasteiger partial charge in [0.15, 0.2) is 17.2 Å². The third-order valence-corrected chi connectivity index (χ3v) is 7.87. The molecular weight excluding hydrogens is 502 g/mol. The molecule has 4 aromatic carbocycles. The summed E-state index contributed by atoms with van der Waals surface area (Å²) in [5.74, 6) is -1.67. The van der Waals surface area contributed by atoms with E-state index >= 15 is 0 Å². The van der Waals surface area contributed by atoms with Crippen molar-refractivity contribution in [3.05, 3.63) is 122 Å². The summed E-state index contributed by atoms with van der Waals surface area (Å²) in [7, 11) is 12.3. The van der Waals surface area contributed by atoms with E-state index < -0.39 is 17.2 Å². The highest BCUT2D eigenvalue weighted by Crippen LogP contribution is 2.48. The summed E-state index contributed by atoms with van der Waals surface area (Å²) in [6.07, 6.45) is 13.6. The van der Waals surface area contributed by atoms with E-state index in [0.717, 1.165) is 33.0 Å². The number of allylic oxidation sites excluding steroid dienone is 6. The Labute approximate surface area is 243 Å². The summed E-state index contributed by atoms with van der Waals surface area (Å²) >= 11 is 0. The van der Waals surface area contributed by atoms with Crippen molar-refractivity contribution in [2.24, 2.45) is 11.8 Å². The molecule has 0 heterocycles. The molecule has 0 fully saturated rings. The largest absolute Gasteiger partial charge is 0.505 e. The molecule has 0 saturated heterocycles. The number of phenolic OH excluding ortho intramolecular Hbond substituents is 3. The Bertz CT molecular complexity index is 1780. The number of hydrogen-bond acceptors (Lipinski definition) is 3. The number of hydrogen-bond donors (Lipinski definition) is 3. The van der Waals surface area contributed by atoms with Gasteiger partial charge in [-0.3, -0.25) is 0 Å². The van der Waals surface area contributed by atoms with Crippen molar-refractivity contribution in [2.75, 3.05) is 0 Å². The topological polar surface area (TPSA) is 60.7 Å². The molecule has 3 N–H and O–H groups in total. The molecule has 4 aromatic rings. The van der Waals surface area contributed by atoms with Crippen molar-refractivity contribution >= 4 is 55.1 Å². The van der Waals surface area contributed by atoms with Gasteiger partial charge in [0.2, 0.25) is 0 Å². The van der Waals surface area contributed by atoms with Gasteiger partial charge in [-0.15, -0.1) is 13.2 Å². The second kappa shape index (κ2) is 10.9. The monoisotopic (exact) mass is 530 g/mol. The third kappa shape index (κ3) is 4.35. The summed E-state index contributed by atoms with van der Waals surface area (Å²) in [5.41, 5.74) is 5.91. The molecular formula is C36H28B2O3. The zero-order valence-electron chi connectivity index (χ0n) is 22.6.